The van der Waals surface area contributed by atoms with E-state index >= 15 is 0 Å². The van der Waals surface area contributed by atoms with Gasteiger partial charge < -0.3 is 9.84 Å². The topological polar surface area (TPSA) is 76.7 Å². The van der Waals surface area contributed by atoms with Gasteiger partial charge in [0.05, 0.1) is 17.5 Å². The molecule has 0 atom stereocenters. The van der Waals surface area contributed by atoms with Crippen LogP contribution in [-0.2, 0) is 12.8 Å². The van der Waals surface area contributed by atoms with Crippen molar-refractivity contribution in [3.63, 3.8) is 0 Å². The standard InChI is InChI=1S/C27H24F3N3O3/c28-27(29,30)20-10-4-6-17(12-20)16-36-21-11-5-9-19(13-21)22-14-31-25-23(26(34)35)15-32-33(25)24(22)18-7-2-1-3-8-18/h4-6,9-15,18H,1-3,7-8,16H2,(H,34,35). The zero-order valence-electron chi connectivity index (χ0n) is 19.3. The molecule has 2 aromatic heterocycles. The number of hydrogen-bond donors (Lipinski definition) is 1. The lowest BCUT2D eigenvalue weighted by atomic mass is 9.84. The van der Waals surface area contributed by atoms with Crippen LogP contribution in [-0.4, -0.2) is 25.7 Å². The largest absolute Gasteiger partial charge is 0.489 e. The summed E-state index contributed by atoms with van der Waals surface area (Å²) in [5, 5.41) is 13.9. The number of carboxylic acids is 1. The number of aromatic carboxylic acids is 1. The van der Waals surface area contributed by atoms with E-state index in [2.05, 4.69) is 10.1 Å². The van der Waals surface area contributed by atoms with Crippen molar-refractivity contribution in [2.45, 2.75) is 50.8 Å². The number of aromatic nitrogens is 3. The van der Waals surface area contributed by atoms with Crippen molar-refractivity contribution < 1.29 is 27.8 Å². The summed E-state index contributed by atoms with van der Waals surface area (Å²) in [4.78, 5) is 16.1. The van der Waals surface area contributed by atoms with Gasteiger partial charge in [-0.1, -0.05) is 43.5 Å². The molecule has 36 heavy (non-hydrogen) atoms. The van der Waals surface area contributed by atoms with Gasteiger partial charge in [-0.2, -0.15) is 18.3 Å². The van der Waals surface area contributed by atoms with Crippen molar-refractivity contribution in [2.24, 2.45) is 0 Å². The van der Waals surface area contributed by atoms with E-state index in [9.17, 15) is 23.1 Å². The minimum Gasteiger partial charge on any atom is -0.489 e. The molecule has 1 saturated carbocycles. The van der Waals surface area contributed by atoms with Gasteiger partial charge >= 0.3 is 12.1 Å². The molecular weight excluding hydrogens is 471 g/mol. The molecule has 5 rings (SSSR count). The van der Waals surface area contributed by atoms with E-state index < -0.39 is 17.7 Å². The van der Waals surface area contributed by atoms with E-state index in [1.165, 1.54) is 18.7 Å². The molecule has 0 saturated heterocycles. The number of carbonyl (C=O) groups is 1. The normalized spacial score (nSPS) is 14.8. The molecule has 2 aromatic carbocycles. The smallest absolute Gasteiger partial charge is 0.416 e. The van der Waals surface area contributed by atoms with Gasteiger partial charge in [-0.3, -0.25) is 0 Å². The molecule has 0 aliphatic heterocycles. The fourth-order valence-electron chi connectivity index (χ4n) is 4.85. The predicted octanol–water partition coefficient (Wildman–Crippen LogP) is 6.74. The number of benzene rings is 2. The van der Waals surface area contributed by atoms with Crippen molar-refractivity contribution >= 4 is 11.6 Å². The van der Waals surface area contributed by atoms with Crippen molar-refractivity contribution in [3.8, 4) is 16.9 Å². The predicted molar refractivity (Wildman–Crippen MR) is 127 cm³/mol. The number of ether oxygens (including phenoxy) is 1. The van der Waals surface area contributed by atoms with Gasteiger partial charge in [0, 0.05) is 17.7 Å². The first-order valence-electron chi connectivity index (χ1n) is 11.8. The number of alkyl halides is 3. The second kappa shape index (κ2) is 9.64. The SMILES string of the molecule is O=C(O)c1cnn2c(C3CCCCC3)c(-c3cccc(OCc4cccc(C(F)(F)F)c4)c3)cnc12. The van der Waals surface area contributed by atoms with Gasteiger partial charge in [0.15, 0.2) is 5.65 Å². The average Bonchev–Trinajstić information content (AvgIpc) is 3.32. The number of nitrogens with zero attached hydrogens (tertiary/aromatic N) is 3. The summed E-state index contributed by atoms with van der Waals surface area (Å²) in [6, 6.07) is 12.4. The first kappa shape index (κ1) is 23.8. The molecule has 1 fully saturated rings. The maximum Gasteiger partial charge on any atom is 0.416 e. The highest BCUT2D eigenvalue weighted by molar-refractivity contribution is 5.94. The maximum atomic E-state index is 13.0. The third-order valence-corrected chi connectivity index (χ3v) is 6.59. The fraction of sp³-hybridized carbons (Fsp3) is 0.296. The van der Waals surface area contributed by atoms with Crippen molar-refractivity contribution in [3.05, 3.63) is 83.3 Å². The van der Waals surface area contributed by atoms with E-state index in [1.54, 1.807) is 22.8 Å². The van der Waals surface area contributed by atoms with E-state index in [-0.39, 0.29) is 18.1 Å². The summed E-state index contributed by atoms with van der Waals surface area (Å²) in [7, 11) is 0. The molecular formula is C27H24F3N3O3. The van der Waals surface area contributed by atoms with Crippen LogP contribution in [0.4, 0.5) is 13.2 Å². The van der Waals surface area contributed by atoms with Crippen LogP contribution >= 0.6 is 0 Å². The van der Waals surface area contributed by atoms with Gasteiger partial charge in [-0.05, 0) is 48.2 Å². The van der Waals surface area contributed by atoms with Crippen LogP contribution < -0.4 is 4.74 Å². The highest BCUT2D eigenvalue weighted by atomic mass is 19.4. The minimum atomic E-state index is -4.41. The molecule has 4 aromatic rings. The lowest BCUT2D eigenvalue weighted by molar-refractivity contribution is -0.137. The Bertz CT molecular complexity index is 1410. The second-order valence-electron chi connectivity index (χ2n) is 9.01. The molecule has 186 valence electrons. The Hall–Kier alpha value is -3.88. The summed E-state index contributed by atoms with van der Waals surface area (Å²) in [6.45, 7) is -0.0126. The Labute approximate surface area is 205 Å². The summed E-state index contributed by atoms with van der Waals surface area (Å²) >= 11 is 0. The fourth-order valence-corrected chi connectivity index (χ4v) is 4.85. The summed E-state index contributed by atoms with van der Waals surface area (Å²) in [5.74, 6) is -0.369. The first-order valence-corrected chi connectivity index (χ1v) is 11.8. The molecule has 1 N–H and O–H groups in total. The third kappa shape index (κ3) is 4.78. The number of rotatable bonds is 6. The number of fused-ring (bicyclic) bond motifs is 1. The number of halogens is 3. The van der Waals surface area contributed by atoms with Crippen LogP contribution in [0, 0.1) is 0 Å². The van der Waals surface area contributed by atoms with Gasteiger partial charge in [0.25, 0.3) is 0 Å². The zero-order chi connectivity index (χ0) is 25.3. The highest BCUT2D eigenvalue weighted by Gasteiger charge is 2.30. The molecule has 0 amide bonds. The molecule has 0 bridgehead atoms. The third-order valence-electron chi connectivity index (χ3n) is 6.59. The molecule has 9 heteroatoms. The van der Waals surface area contributed by atoms with Crippen LogP contribution in [0.2, 0.25) is 0 Å². The Balaban J connectivity index is 1.49. The first-order chi connectivity index (χ1) is 17.3. The van der Waals surface area contributed by atoms with Crippen molar-refractivity contribution in [1.29, 1.82) is 0 Å². The minimum absolute atomic E-state index is 0.0126. The van der Waals surface area contributed by atoms with Crippen molar-refractivity contribution in [2.75, 3.05) is 0 Å². The lowest BCUT2D eigenvalue weighted by Gasteiger charge is -2.25. The molecule has 0 unspecified atom stereocenters. The van der Waals surface area contributed by atoms with E-state index in [0.717, 1.165) is 54.6 Å². The molecule has 0 spiro atoms. The lowest BCUT2D eigenvalue weighted by Crippen LogP contribution is -2.13. The highest BCUT2D eigenvalue weighted by Crippen LogP contribution is 2.39. The quantitative estimate of drug-likeness (QED) is 0.321. The van der Waals surface area contributed by atoms with E-state index in [1.807, 2.05) is 18.2 Å². The van der Waals surface area contributed by atoms with Gasteiger partial charge in [-0.15, -0.1) is 0 Å². The summed E-state index contributed by atoms with van der Waals surface area (Å²) < 4.78 is 46.6. The molecule has 6 nitrogen and oxygen atoms in total. The van der Waals surface area contributed by atoms with Gasteiger partial charge in [0.1, 0.15) is 17.9 Å². The van der Waals surface area contributed by atoms with Crippen LogP contribution in [0.25, 0.3) is 16.8 Å². The Morgan fingerprint density at radius 1 is 1.06 bits per heavy atom. The molecule has 0 radical (unpaired) electrons. The second-order valence-corrected chi connectivity index (χ2v) is 9.01. The summed E-state index contributed by atoms with van der Waals surface area (Å²) in [6.07, 6.45) is 3.87. The van der Waals surface area contributed by atoms with Gasteiger partial charge in [-0.25, -0.2) is 14.3 Å². The Morgan fingerprint density at radius 2 is 1.83 bits per heavy atom. The van der Waals surface area contributed by atoms with Crippen LogP contribution in [0.5, 0.6) is 5.75 Å². The monoisotopic (exact) mass is 495 g/mol. The van der Waals surface area contributed by atoms with Crippen LogP contribution in [0.3, 0.4) is 0 Å². The maximum absolute atomic E-state index is 13.0. The average molecular weight is 496 g/mol. The molecule has 2 heterocycles. The number of hydrogen-bond acceptors (Lipinski definition) is 4. The van der Waals surface area contributed by atoms with Crippen LogP contribution in [0.1, 0.15) is 65.2 Å². The zero-order valence-corrected chi connectivity index (χ0v) is 19.3. The Kier molecular flexibility index (Phi) is 6.38. The van der Waals surface area contributed by atoms with E-state index in [4.69, 9.17) is 4.74 Å². The van der Waals surface area contributed by atoms with Crippen molar-refractivity contribution in [1.82, 2.24) is 14.6 Å². The van der Waals surface area contributed by atoms with Crippen LogP contribution in [0.15, 0.2) is 60.9 Å². The molecule has 1 aliphatic rings. The molecule has 1 aliphatic carbocycles. The van der Waals surface area contributed by atoms with Gasteiger partial charge in [0.2, 0.25) is 0 Å². The van der Waals surface area contributed by atoms with E-state index in [0.29, 0.717) is 17.0 Å². The Morgan fingerprint density at radius 3 is 2.58 bits per heavy atom. The summed E-state index contributed by atoms with van der Waals surface area (Å²) in [5.41, 5.74) is 2.63. The number of carboxylic acid groups (broad SMARTS) is 1.